The van der Waals surface area contributed by atoms with Crippen molar-refractivity contribution in [1.29, 1.82) is 0 Å². The van der Waals surface area contributed by atoms with Crippen molar-refractivity contribution >= 4 is 13.2 Å². The third-order valence-electron chi connectivity index (χ3n) is 4.46. The monoisotopic (exact) mass is 276 g/mol. The molecule has 106 valence electrons. The van der Waals surface area contributed by atoms with Gasteiger partial charge in [0.25, 0.3) is 0 Å². The van der Waals surface area contributed by atoms with E-state index in [-0.39, 0.29) is 7.92 Å². The first-order valence-electron chi connectivity index (χ1n) is 8.21. The van der Waals surface area contributed by atoms with Gasteiger partial charge in [0.15, 0.2) is 0 Å². The van der Waals surface area contributed by atoms with Gasteiger partial charge in [0, 0.05) is 0 Å². The van der Waals surface area contributed by atoms with E-state index in [1.807, 2.05) is 0 Å². The largest absolute Gasteiger partial charge is 0.0721 e. The molecule has 1 heteroatoms. The first kappa shape index (κ1) is 15.0. The molecule has 1 aliphatic carbocycles. The Morgan fingerprint density at radius 2 is 1.79 bits per heavy atom. The van der Waals surface area contributed by atoms with E-state index in [2.05, 4.69) is 38.1 Å². The summed E-state index contributed by atoms with van der Waals surface area (Å²) in [5.74, 6) is 0. The first-order valence-corrected chi connectivity index (χ1v) is 9.81. The van der Waals surface area contributed by atoms with E-state index < -0.39 is 0 Å². The fourth-order valence-corrected chi connectivity index (χ4v) is 6.46. The molecule has 1 atom stereocenters. The number of benzene rings is 1. The van der Waals surface area contributed by atoms with Crippen LogP contribution in [0.25, 0.3) is 0 Å². The maximum absolute atomic E-state index is 2.44. The van der Waals surface area contributed by atoms with Gasteiger partial charge in [0.1, 0.15) is 0 Å². The molecule has 0 amide bonds. The minimum absolute atomic E-state index is 0.0909. The van der Waals surface area contributed by atoms with Crippen LogP contribution in [0.2, 0.25) is 0 Å². The summed E-state index contributed by atoms with van der Waals surface area (Å²) in [7, 11) is 0.0909. The molecule has 0 radical (unpaired) electrons. The second-order valence-electron chi connectivity index (χ2n) is 5.81. The van der Waals surface area contributed by atoms with Gasteiger partial charge in [-0.15, -0.1) is 0 Å². The standard InChI is InChI=1S/C18H29P/c1-3-5-11-16-12-9-10-15-18(16)19(4-2)17-13-7-6-8-14-17/h9-10,12,15,17H,3-8,11,13-14H2,1-2H3. The normalized spacial score (nSPS) is 18.4. The van der Waals surface area contributed by atoms with Crippen molar-refractivity contribution < 1.29 is 0 Å². The summed E-state index contributed by atoms with van der Waals surface area (Å²) in [4.78, 5) is 0. The minimum Gasteiger partial charge on any atom is -0.0721 e. The molecular formula is C18H29P. The van der Waals surface area contributed by atoms with E-state index in [4.69, 9.17) is 0 Å². The molecule has 0 aromatic heterocycles. The summed E-state index contributed by atoms with van der Waals surface area (Å²) in [6.07, 6.45) is 12.7. The predicted molar refractivity (Wildman–Crippen MR) is 89.0 cm³/mol. The van der Waals surface area contributed by atoms with Crippen LogP contribution in [0, 0.1) is 0 Å². The van der Waals surface area contributed by atoms with Gasteiger partial charge in [0.2, 0.25) is 0 Å². The summed E-state index contributed by atoms with van der Waals surface area (Å²) in [5, 5.41) is 1.74. The molecule has 0 spiro atoms. The van der Waals surface area contributed by atoms with Crippen LogP contribution in [-0.2, 0) is 6.42 Å². The van der Waals surface area contributed by atoms with Crippen molar-refractivity contribution in [3.63, 3.8) is 0 Å². The van der Waals surface area contributed by atoms with Crippen LogP contribution in [0.5, 0.6) is 0 Å². The van der Waals surface area contributed by atoms with Crippen molar-refractivity contribution in [3.05, 3.63) is 29.8 Å². The van der Waals surface area contributed by atoms with E-state index in [1.165, 1.54) is 57.5 Å². The van der Waals surface area contributed by atoms with Gasteiger partial charge in [-0.05, 0) is 48.4 Å². The quantitative estimate of drug-likeness (QED) is 0.603. The molecule has 19 heavy (non-hydrogen) atoms. The van der Waals surface area contributed by atoms with Crippen LogP contribution < -0.4 is 5.30 Å². The zero-order valence-corrected chi connectivity index (χ0v) is 13.6. The lowest BCUT2D eigenvalue weighted by molar-refractivity contribution is 0.512. The Hall–Kier alpha value is -0.350. The van der Waals surface area contributed by atoms with Crippen LogP contribution >= 0.6 is 7.92 Å². The molecule has 1 aromatic rings. The highest BCUT2D eigenvalue weighted by molar-refractivity contribution is 7.66. The average molecular weight is 276 g/mol. The lowest BCUT2D eigenvalue weighted by atomic mass is 10.0. The number of hydrogen-bond acceptors (Lipinski definition) is 0. The summed E-state index contributed by atoms with van der Waals surface area (Å²) in [6.45, 7) is 4.71. The molecule has 0 aliphatic heterocycles. The Labute approximate surface area is 120 Å². The lowest BCUT2D eigenvalue weighted by Gasteiger charge is -2.31. The van der Waals surface area contributed by atoms with Gasteiger partial charge in [-0.25, -0.2) is 0 Å². The number of unbranched alkanes of at least 4 members (excludes halogenated alkanes) is 1. The third-order valence-corrected chi connectivity index (χ3v) is 7.59. The Morgan fingerprint density at radius 1 is 1.05 bits per heavy atom. The van der Waals surface area contributed by atoms with Crippen LogP contribution in [-0.4, -0.2) is 11.8 Å². The van der Waals surface area contributed by atoms with E-state index in [0.29, 0.717) is 0 Å². The molecule has 0 bridgehead atoms. The fraction of sp³-hybridized carbons (Fsp3) is 0.667. The highest BCUT2D eigenvalue weighted by atomic mass is 31.1. The summed E-state index contributed by atoms with van der Waals surface area (Å²) in [5.41, 5.74) is 2.67. The lowest BCUT2D eigenvalue weighted by Crippen LogP contribution is -2.20. The average Bonchev–Trinajstić information content (AvgIpc) is 2.48. The second-order valence-corrected chi connectivity index (χ2v) is 8.59. The topological polar surface area (TPSA) is 0 Å². The highest BCUT2D eigenvalue weighted by Crippen LogP contribution is 2.47. The van der Waals surface area contributed by atoms with E-state index in [0.717, 1.165) is 5.66 Å². The first-order chi connectivity index (χ1) is 9.36. The van der Waals surface area contributed by atoms with Crippen LogP contribution in [0.1, 0.15) is 64.4 Å². The van der Waals surface area contributed by atoms with E-state index >= 15 is 0 Å². The summed E-state index contributed by atoms with van der Waals surface area (Å²) in [6, 6.07) is 9.32. The van der Waals surface area contributed by atoms with Crippen molar-refractivity contribution in [2.45, 2.75) is 70.9 Å². The molecule has 0 heterocycles. The van der Waals surface area contributed by atoms with Gasteiger partial charge in [-0.2, -0.15) is 0 Å². The Balaban J connectivity index is 2.16. The molecule has 1 aromatic carbocycles. The molecule has 2 rings (SSSR count). The zero-order chi connectivity index (χ0) is 13.5. The number of aryl methyl sites for hydroxylation is 1. The smallest absolute Gasteiger partial charge is 0.0169 e. The fourth-order valence-electron chi connectivity index (χ4n) is 3.39. The van der Waals surface area contributed by atoms with Gasteiger partial charge in [-0.1, -0.05) is 71.7 Å². The second kappa shape index (κ2) is 8.05. The van der Waals surface area contributed by atoms with Crippen LogP contribution in [0.4, 0.5) is 0 Å². The molecule has 0 saturated heterocycles. The van der Waals surface area contributed by atoms with Crippen molar-refractivity contribution in [2.24, 2.45) is 0 Å². The third kappa shape index (κ3) is 4.06. The number of hydrogen-bond donors (Lipinski definition) is 0. The van der Waals surface area contributed by atoms with Crippen molar-refractivity contribution in [1.82, 2.24) is 0 Å². The maximum Gasteiger partial charge on any atom is -0.0169 e. The molecule has 0 nitrogen and oxygen atoms in total. The Morgan fingerprint density at radius 3 is 2.47 bits per heavy atom. The highest BCUT2D eigenvalue weighted by Gasteiger charge is 2.24. The Kier molecular flexibility index (Phi) is 6.38. The van der Waals surface area contributed by atoms with Gasteiger partial charge in [-0.3, -0.25) is 0 Å². The molecule has 1 saturated carbocycles. The number of rotatable bonds is 6. The molecule has 1 fully saturated rings. The molecule has 1 aliphatic rings. The van der Waals surface area contributed by atoms with Crippen molar-refractivity contribution in [2.75, 3.05) is 6.16 Å². The van der Waals surface area contributed by atoms with Crippen LogP contribution in [0.3, 0.4) is 0 Å². The predicted octanol–water partition coefficient (Wildman–Crippen LogP) is 5.49. The van der Waals surface area contributed by atoms with E-state index in [1.54, 1.807) is 10.9 Å². The molecule has 1 unspecified atom stereocenters. The van der Waals surface area contributed by atoms with Crippen molar-refractivity contribution in [3.8, 4) is 0 Å². The minimum atomic E-state index is 0.0909. The maximum atomic E-state index is 2.44. The van der Waals surface area contributed by atoms with Gasteiger partial charge >= 0.3 is 0 Å². The molecule has 0 N–H and O–H groups in total. The zero-order valence-electron chi connectivity index (χ0n) is 12.7. The SMILES string of the molecule is CCCCc1ccccc1P(CC)C1CCCCC1. The van der Waals surface area contributed by atoms with E-state index in [9.17, 15) is 0 Å². The van der Waals surface area contributed by atoms with Gasteiger partial charge in [0.05, 0.1) is 0 Å². The molecular weight excluding hydrogens is 247 g/mol. The summed E-state index contributed by atoms with van der Waals surface area (Å²) >= 11 is 0. The Bertz CT molecular complexity index is 366. The van der Waals surface area contributed by atoms with Gasteiger partial charge < -0.3 is 0 Å². The van der Waals surface area contributed by atoms with Crippen LogP contribution in [0.15, 0.2) is 24.3 Å². The summed E-state index contributed by atoms with van der Waals surface area (Å²) < 4.78 is 0.